The summed E-state index contributed by atoms with van der Waals surface area (Å²) in [5.41, 5.74) is 1.09. The van der Waals surface area contributed by atoms with E-state index in [4.69, 9.17) is 0 Å². The number of ketones is 1. The maximum atomic E-state index is 12.4. The summed E-state index contributed by atoms with van der Waals surface area (Å²) in [5, 5.41) is 2.07. The van der Waals surface area contributed by atoms with E-state index in [9.17, 15) is 4.79 Å². The third-order valence-corrected chi connectivity index (χ3v) is 5.85. The molecule has 0 bridgehead atoms. The third kappa shape index (κ3) is 1.86. The van der Waals surface area contributed by atoms with Crippen molar-refractivity contribution in [1.29, 1.82) is 0 Å². The van der Waals surface area contributed by atoms with Crippen LogP contribution in [0.5, 0.6) is 0 Å². The van der Waals surface area contributed by atoms with Crippen molar-refractivity contribution in [3.8, 4) is 0 Å². The number of fused-ring (bicyclic) bond motifs is 1. The Morgan fingerprint density at radius 3 is 2.59 bits per heavy atom. The number of thiophene rings is 3. The van der Waals surface area contributed by atoms with Gasteiger partial charge in [-0.25, -0.2) is 0 Å². The summed E-state index contributed by atoms with van der Waals surface area (Å²) in [5.74, 6) is 0.175. The number of hydrogen-bond acceptors (Lipinski definition) is 4. The zero-order valence-electron chi connectivity index (χ0n) is 9.44. The fourth-order valence-corrected chi connectivity index (χ4v) is 4.96. The highest BCUT2D eigenvalue weighted by atomic mass is 32.1. The van der Waals surface area contributed by atoms with Gasteiger partial charge in [-0.3, -0.25) is 4.79 Å². The summed E-state index contributed by atoms with van der Waals surface area (Å²) in [6.07, 6.45) is 0. The van der Waals surface area contributed by atoms with Crippen LogP contribution in [-0.2, 0) is 0 Å². The minimum atomic E-state index is 0.175. The predicted molar refractivity (Wildman–Crippen MR) is 76.9 cm³/mol. The van der Waals surface area contributed by atoms with Gasteiger partial charge in [0.15, 0.2) is 0 Å². The minimum Gasteiger partial charge on any atom is -0.287 e. The van der Waals surface area contributed by atoms with E-state index < -0.39 is 0 Å². The fraction of sp³-hybridized carbons (Fsp3) is 0.154. The number of aryl methyl sites for hydroxylation is 2. The van der Waals surface area contributed by atoms with Crippen molar-refractivity contribution in [1.82, 2.24) is 0 Å². The Morgan fingerprint density at radius 2 is 1.94 bits per heavy atom. The summed E-state index contributed by atoms with van der Waals surface area (Å²) in [6.45, 7) is 4.05. The van der Waals surface area contributed by atoms with Crippen molar-refractivity contribution in [2.75, 3.05) is 0 Å². The van der Waals surface area contributed by atoms with Gasteiger partial charge in [-0.1, -0.05) is 0 Å². The molecular formula is C13H10OS3. The van der Waals surface area contributed by atoms with Gasteiger partial charge in [0.2, 0.25) is 5.78 Å². The molecule has 0 saturated carbocycles. The second kappa shape index (κ2) is 4.05. The van der Waals surface area contributed by atoms with Crippen molar-refractivity contribution in [3.05, 3.63) is 43.8 Å². The summed E-state index contributed by atoms with van der Waals surface area (Å²) < 4.78 is 2.42. The molecule has 1 nitrogen and oxygen atoms in total. The smallest absolute Gasteiger partial charge is 0.213 e. The zero-order valence-corrected chi connectivity index (χ0v) is 11.9. The lowest BCUT2D eigenvalue weighted by Crippen LogP contribution is -1.96. The van der Waals surface area contributed by atoms with Gasteiger partial charge in [0.1, 0.15) is 0 Å². The molecule has 0 saturated heterocycles. The Morgan fingerprint density at radius 1 is 1.12 bits per heavy atom. The van der Waals surface area contributed by atoms with E-state index in [0.29, 0.717) is 0 Å². The molecule has 3 aromatic heterocycles. The first-order valence-electron chi connectivity index (χ1n) is 5.24. The monoisotopic (exact) mass is 278 g/mol. The molecular weight excluding hydrogens is 268 g/mol. The number of carbonyl (C=O) groups is 1. The molecule has 0 radical (unpaired) electrons. The molecule has 86 valence electrons. The molecule has 0 spiro atoms. The van der Waals surface area contributed by atoms with Gasteiger partial charge in [0.05, 0.1) is 9.75 Å². The molecule has 3 aromatic rings. The second-order valence-electron chi connectivity index (χ2n) is 3.96. The lowest BCUT2D eigenvalue weighted by atomic mass is 10.2. The van der Waals surface area contributed by atoms with Crippen molar-refractivity contribution in [2.45, 2.75) is 13.8 Å². The Balaban J connectivity index is 2.07. The van der Waals surface area contributed by atoms with E-state index >= 15 is 0 Å². The minimum absolute atomic E-state index is 0.175. The molecule has 0 amide bonds. The van der Waals surface area contributed by atoms with Crippen LogP contribution in [0, 0.1) is 13.8 Å². The normalized spacial score (nSPS) is 11.2. The quantitative estimate of drug-likeness (QED) is 0.611. The predicted octanol–water partition coefficient (Wildman–Crippen LogP) is 4.87. The molecule has 0 unspecified atom stereocenters. The summed E-state index contributed by atoms with van der Waals surface area (Å²) in [4.78, 5) is 15.3. The number of hydrogen-bond donors (Lipinski definition) is 0. The van der Waals surface area contributed by atoms with Crippen molar-refractivity contribution in [3.63, 3.8) is 0 Å². The standard InChI is InChI=1S/C13H10OS3/c1-7-5-8(2)16-13(7)12(14)11-6-10-9(17-11)3-4-15-10/h3-6H,1-2H3. The molecule has 0 fully saturated rings. The van der Waals surface area contributed by atoms with E-state index in [2.05, 4.69) is 17.5 Å². The SMILES string of the molecule is Cc1cc(C)c(C(=O)c2cc3sccc3s2)s1. The van der Waals surface area contributed by atoms with Crippen molar-refractivity contribution >= 4 is 49.2 Å². The van der Waals surface area contributed by atoms with E-state index in [1.807, 2.05) is 19.9 Å². The summed E-state index contributed by atoms with van der Waals surface area (Å²) in [7, 11) is 0. The molecule has 0 atom stereocenters. The lowest BCUT2D eigenvalue weighted by Gasteiger charge is -1.94. The van der Waals surface area contributed by atoms with Gasteiger partial charge >= 0.3 is 0 Å². The topological polar surface area (TPSA) is 17.1 Å². The highest BCUT2D eigenvalue weighted by Crippen LogP contribution is 2.33. The van der Waals surface area contributed by atoms with E-state index in [1.54, 1.807) is 34.0 Å². The first-order chi connectivity index (χ1) is 8.15. The van der Waals surface area contributed by atoms with Crippen LogP contribution >= 0.6 is 34.0 Å². The molecule has 4 heteroatoms. The molecule has 3 rings (SSSR count). The van der Waals surface area contributed by atoms with Gasteiger partial charge in [-0.05, 0) is 43.0 Å². The third-order valence-electron chi connectivity index (χ3n) is 2.61. The van der Waals surface area contributed by atoms with Crippen LogP contribution in [0.2, 0.25) is 0 Å². The Kier molecular flexibility index (Phi) is 2.65. The fourth-order valence-electron chi connectivity index (χ4n) is 1.86. The van der Waals surface area contributed by atoms with Gasteiger partial charge in [-0.15, -0.1) is 34.0 Å². The highest BCUT2D eigenvalue weighted by molar-refractivity contribution is 7.28. The zero-order chi connectivity index (χ0) is 12.0. The summed E-state index contributed by atoms with van der Waals surface area (Å²) >= 11 is 4.87. The van der Waals surface area contributed by atoms with Gasteiger partial charge in [-0.2, -0.15) is 0 Å². The van der Waals surface area contributed by atoms with Gasteiger partial charge in [0.25, 0.3) is 0 Å². The molecule has 17 heavy (non-hydrogen) atoms. The number of carbonyl (C=O) groups excluding carboxylic acids is 1. The van der Waals surface area contributed by atoms with Crippen LogP contribution in [0.1, 0.15) is 25.0 Å². The first-order valence-corrected chi connectivity index (χ1v) is 7.75. The van der Waals surface area contributed by atoms with Crippen LogP contribution in [0.15, 0.2) is 23.6 Å². The Hall–Kier alpha value is -0.970. The van der Waals surface area contributed by atoms with Crippen LogP contribution in [0.25, 0.3) is 9.40 Å². The van der Waals surface area contributed by atoms with E-state index in [1.165, 1.54) is 14.3 Å². The number of rotatable bonds is 2. The molecule has 0 aliphatic rings. The largest absolute Gasteiger partial charge is 0.287 e. The first kappa shape index (κ1) is 11.1. The lowest BCUT2D eigenvalue weighted by molar-refractivity contribution is 0.104. The van der Waals surface area contributed by atoms with E-state index in [0.717, 1.165) is 15.3 Å². The van der Waals surface area contributed by atoms with Crippen molar-refractivity contribution in [2.24, 2.45) is 0 Å². The van der Waals surface area contributed by atoms with Gasteiger partial charge < -0.3 is 0 Å². The maximum Gasteiger partial charge on any atom is 0.213 e. The molecule has 0 N–H and O–H groups in total. The average Bonchev–Trinajstić information content (AvgIpc) is 2.90. The van der Waals surface area contributed by atoms with Crippen LogP contribution in [0.4, 0.5) is 0 Å². The Bertz CT molecular complexity index is 671. The summed E-state index contributed by atoms with van der Waals surface area (Å²) in [6, 6.07) is 6.17. The average molecular weight is 278 g/mol. The molecule has 0 aliphatic carbocycles. The molecule has 0 aromatic carbocycles. The van der Waals surface area contributed by atoms with E-state index in [-0.39, 0.29) is 5.78 Å². The molecule has 0 aliphatic heterocycles. The maximum absolute atomic E-state index is 12.4. The van der Waals surface area contributed by atoms with Crippen LogP contribution in [0.3, 0.4) is 0 Å². The Labute approximate surface area is 111 Å². The molecule has 3 heterocycles. The second-order valence-corrected chi connectivity index (χ2v) is 7.25. The van der Waals surface area contributed by atoms with Crippen LogP contribution < -0.4 is 0 Å². The van der Waals surface area contributed by atoms with Gasteiger partial charge in [0, 0.05) is 14.3 Å². The highest BCUT2D eigenvalue weighted by Gasteiger charge is 2.17. The van der Waals surface area contributed by atoms with Crippen LogP contribution in [-0.4, -0.2) is 5.78 Å². The van der Waals surface area contributed by atoms with Crippen molar-refractivity contribution < 1.29 is 4.79 Å².